The molecule has 0 aromatic rings. The molecule has 2 heterocycles. The van der Waals surface area contributed by atoms with E-state index in [1.54, 1.807) is 0 Å². The third-order valence-electron chi connectivity index (χ3n) is 2.84. The van der Waals surface area contributed by atoms with E-state index in [9.17, 15) is 4.79 Å². The molecule has 11 heavy (non-hydrogen) atoms. The van der Waals surface area contributed by atoms with Gasteiger partial charge in [0.25, 0.3) is 0 Å². The van der Waals surface area contributed by atoms with E-state index in [0.29, 0.717) is 12.8 Å². The number of hydrogen-bond donors (Lipinski definition) is 1. The fourth-order valence-corrected chi connectivity index (χ4v) is 2.02. The minimum Gasteiger partial charge on any atom is -0.481 e. The van der Waals surface area contributed by atoms with E-state index in [0.717, 1.165) is 6.42 Å². The number of carboxylic acids is 1. The van der Waals surface area contributed by atoms with Crippen LogP contribution in [0.25, 0.3) is 0 Å². The molecule has 3 fully saturated rings. The van der Waals surface area contributed by atoms with Crippen LogP contribution in [0.15, 0.2) is 0 Å². The molecular weight excluding hydrogens is 148 g/mol. The van der Waals surface area contributed by atoms with Gasteiger partial charge < -0.3 is 14.6 Å². The van der Waals surface area contributed by atoms with E-state index in [-0.39, 0.29) is 11.7 Å². The molecular formula is C7H8O4. The SMILES string of the molecule is O=C(O)C1CCC23OC2(C1)O3. The first-order chi connectivity index (χ1) is 5.18. The highest BCUT2D eigenvalue weighted by atomic mass is 17.0. The van der Waals surface area contributed by atoms with E-state index >= 15 is 0 Å². The van der Waals surface area contributed by atoms with Crippen LogP contribution < -0.4 is 0 Å². The average molecular weight is 156 g/mol. The van der Waals surface area contributed by atoms with Crippen molar-refractivity contribution in [3.63, 3.8) is 0 Å². The highest BCUT2D eigenvalue weighted by molar-refractivity contribution is 5.70. The lowest BCUT2D eigenvalue weighted by Gasteiger charge is -2.09. The largest absolute Gasteiger partial charge is 0.481 e. The van der Waals surface area contributed by atoms with Crippen molar-refractivity contribution in [1.29, 1.82) is 0 Å². The van der Waals surface area contributed by atoms with Crippen molar-refractivity contribution in [2.45, 2.75) is 30.8 Å². The topological polar surface area (TPSA) is 62.4 Å². The van der Waals surface area contributed by atoms with Crippen LogP contribution in [0, 0.1) is 5.92 Å². The molecule has 0 bridgehead atoms. The number of hydrogen-bond acceptors (Lipinski definition) is 3. The van der Waals surface area contributed by atoms with Gasteiger partial charge in [0, 0.05) is 12.8 Å². The Labute approximate surface area is 63.1 Å². The van der Waals surface area contributed by atoms with Gasteiger partial charge >= 0.3 is 5.97 Å². The van der Waals surface area contributed by atoms with Gasteiger partial charge in [-0.3, -0.25) is 4.79 Å². The average Bonchev–Trinajstić information content (AvgIpc) is 2.68. The van der Waals surface area contributed by atoms with E-state index in [1.807, 2.05) is 0 Å². The third-order valence-corrected chi connectivity index (χ3v) is 2.84. The van der Waals surface area contributed by atoms with E-state index in [4.69, 9.17) is 14.6 Å². The highest BCUT2D eigenvalue weighted by Crippen LogP contribution is 2.74. The molecule has 1 aliphatic carbocycles. The summed E-state index contributed by atoms with van der Waals surface area (Å²) >= 11 is 0. The van der Waals surface area contributed by atoms with E-state index in [2.05, 4.69) is 0 Å². The number of epoxide rings is 2. The van der Waals surface area contributed by atoms with Gasteiger partial charge in [0.15, 0.2) is 0 Å². The molecule has 0 amide bonds. The molecule has 2 aliphatic heterocycles. The van der Waals surface area contributed by atoms with Crippen LogP contribution >= 0.6 is 0 Å². The van der Waals surface area contributed by atoms with Gasteiger partial charge in [0.1, 0.15) is 0 Å². The summed E-state index contributed by atoms with van der Waals surface area (Å²) in [7, 11) is 0. The maximum atomic E-state index is 10.6. The van der Waals surface area contributed by atoms with Gasteiger partial charge in [0.2, 0.25) is 11.6 Å². The van der Waals surface area contributed by atoms with Gasteiger partial charge in [-0.05, 0) is 6.42 Å². The lowest BCUT2D eigenvalue weighted by atomic mass is 9.90. The molecule has 0 aromatic heterocycles. The molecule has 3 rings (SSSR count). The van der Waals surface area contributed by atoms with Crippen molar-refractivity contribution in [3.8, 4) is 0 Å². The zero-order valence-corrected chi connectivity index (χ0v) is 5.87. The summed E-state index contributed by atoms with van der Waals surface area (Å²) in [6.07, 6.45) is 1.99. The zero-order chi connectivity index (χ0) is 7.69. The van der Waals surface area contributed by atoms with Crippen LogP contribution in [0.5, 0.6) is 0 Å². The standard InChI is InChI=1S/C7H8O4/c8-5(9)4-1-2-6-7(3-4,10-6)11-6/h4H,1-3H2,(H,8,9). The molecule has 0 spiro atoms. The molecule has 4 heteroatoms. The Morgan fingerprint density at radius 3 is 2.73 bits per heavy atom. The summed E-state index contributed by atoms with van der Waals surface area (Å²) in [4.78, 5) is 10.6. The highest BCUT2D eigenvalue weighted by Gasteiger charge is 2.91. The summed E-state index contributed by atoms with van der Waals surface area (Å²) in [5, 5.41) is 8.69. The van der Waals surface area contributed by atoms with Crippen LogP contribution in [0.4, 0.5) is 0 Å². The first-order valence-corrected chi connectivity index (χ1v) is 3.81. The molecule has 1 N–H and O–H groups in total. The molecule has 0 radical (unpaired) electrons. The summed E-state index contributed by atoms with van der Waals surface area (Å²) in [6.45, 7) is 0. The maximum absolute atomic E-state index is 10.6. The quantitative estimate of drug-likeness (QED) is 0.555. The van der Waals surface area contributed by atoms with Crippen molar-refractivity contribution in [3.05, 3.63) is 0 Å². The summed E-state index contributed by atoms with van der Waals surface area (Å²) < 4.78 is 10.5. The van der Waals surface area contributed by atoms with Crippen LogP contribution in [0.2, 0.25) is 0 Å². The Bertz CT molecular complexity index is 241. The second-order valence-corrected chi connectivity index (χ2v) is 3.49. The number of carboxylic acid groups (broad SMARTS) is 1. The minimum absolute atomic E-state index is 0.256. The lowest BCUT2D eigenvalue weighted by Crippen LogP contribution is -2.21. The Hall–Kier alpha value is -0.610. The second kappa shape index (κ2) is 1.32. The smallest absolute Gasteiger partial charge is 0.306 e. The predicted octanol–water partition coefficient (Wildman–Crippen LogP) is 0.324. The summed E-state index contributed by atoms with van der Waals surface area (Å²) in [5.41, 5.74) is 0. The van der Waals surface area contributed by atoms with E-state index < -0.39 is 11.8 Å². The van der Waals surface area contributed by atoms with Crippen LogP contribution in [-0.2, 0) is 14.3 Å². The zero-order valence-electron chi connectivity index (χ0n) is 5.87. The Balaban J connectivity index is 1.79. The van der Waals surface area contributed by atoms with Crippen molar-refractivity contribution in [2.75, 3.05) is 0 Å². The number of ether oxygens (including phenoxy) is 2. The van der Waals surface area contributed by atoms with Crippen LogP contribution in [0.3, 0.4) is 0 Å². The van der Waals surface area contributed by atoms with Gasteiger partial charge in [-0.15, -0.1) is 0 Å². The second-order valence-electron chi connectivity index (χ2n) is 3.49. The van der Waals surface area contributed by atoms with Crippen molar-refractivity contribution >= 4 is 5.97 Å². The molecule has 4 nitrogen and oxygen atoms in total. The fourth-order valence-electron chi connectivity index (χ4n) is 2.02. The van der Waals surface area contributed by atoms with Crippen molar-refractivity contribution in [1.82, 2.24) is 0 Å². The molecule has 1 saturated carbocycles. The Morgan fingerprint density at radius 2 is 2.18 bits per heavy atom. The Morgan fingerprint density at radius 1 is 1.45 bits per heavy atom. The first-order valence-electron chi connectivity index (χ1n) is 3.81. The summed E-state index contributed by atoms with van der Waals surface area (Å²) in [6, 6.07) is 0. The van der Waals surface area contributed by atoms with Crippen molar-refractivity contribution in [2.24, 2.45) is 5.92 Å². The predicted molar refractivity (Wildman–Crippen MR) is 32.6 cm³/mol. The number of rotatable bonds is 1. The lowest BCUT2D eigenvalue weighted by molar-refractivity contribution is -0.143. The van der Waals surface area contributed by atoms with Gasteiger partial charge in [0.05, 0.1) is 5.92 Å². The summed E-state index contributed by atoms with van der Waals surface area (Å²) in [5.74, 6) is -1.72. The normalized spacial score (nSPS) is 57.6. The molecule has 2 saturated heterocycles. The number of aliphatic carboxylic acids is 1. The van der Waals surface area contributed by atoms with Gasteiger partial charge in [-0.25, -0.2) is 0 Å². The molecule has 1 atom stereocenters. The van der Waals surface area contributed by atoms with Gasteiger partial charge in [-0.2, -0.15) is 0 Å². The monoisotopic (exact) mass is 156 g/mol. The molecule has 0 aromatic carbocycles. The van der Waals surface area contributed by atoms with Crippen molar-refractivity contribution < 1.29 is 19.4 Å². The molecule has 1 unspecified atom stereocenters. The fraction of sp³-hybridized carbons (Fsp3) is 0.857. The maximum Gasteiger partial charge on any atom is 0.306 e. The van der Waals surface area contributed by atoms with Crippen LogP contribution in [-0.4, -0.2) is 22.7 Å². The van der Waals surface area contributed by atoms with E-state index in [1.165, 1.54) is 0 Å². The molecule has 3 aliphatic rings. The number of carbonyl (C=O) groups is 1. The Kier molecular flexibility index (Phi) is 0.715. The first kappa shape index (κ1) is 5.97. The van der Waals surface area contributed by atoms with Crippen LogP contribution in [0.1, 0.15) is 19.3 Å². The minimum atomic E-state index is -0.723. The third kappa shape index (κ3) is 0.520. The molecule has 60 valence electrons. The van der Waals surface area contributed by atoms with Gasteiger partial charge in [-0.1, -0.05) is 0 Å².